The Kier molecular flexibility index (Phi) is 4.76. The van der Waals surface area contributed by atoms with E-state index < -0.39 is 10.0 Å². The zero-order valence-electron chi connectivity index (χ0n) is 13.7. The van der Waals surface area contributed by atoms with Gasteiger partial charge in [0.05, 0.1) is 4.90 Å². The molecular weight excluding hydrogens is 294 g/mol. The van der Waals surface area contributed by atoms with Crippen LogP contribution in [0.5, 0.6) is 0 Å². The van der Waals surface area contributed by atoms with Crippen molar-refractivity contribution in [3.05, 3.63) is 58.9 Å². The zero-order valence-corrected chi connectivity index (χ0v) is 14.5. The highest BCUT2D eigenvalue weighted by molar-refractivity contribution is 7.89. The van der Waals surface area contributed by atoms with E-state index in [0.717, 1.165) is 22.3 Å². The monoisotopic (exact) mass is 317 g/mol. The van der Waals surface area contributed by atoms with Crippen LogP contribution in [0.3, 0.4) is 0 Å². The SMILES string of the molecule is C=C(C)C1CN(S(=O)(=O)c2ccc(C)cc2)CC1=C=C(C)C. The van der Waals surface area contributed by atoms with Gasteiger partial charge in [-0.2, -0.15) is 4.31 Å². The summed E-state index contributed by atoms with van der Waals surface area (Å²) in [5, 5.41) is 0. The lowest BCUT2D eigenvalue weighted by molar-refractivity contribution is 0.468. The summed E-state index contributed by atoms with van der Waals surface area (Å²) in [4.78, 5) is 0.344. The minimum Gasteiger partial charge on any atom is -0.207 e. The van der Waals surface area contributed by atoms with Crippen LogP contribution in [0, 0.1) is 12.8 Å². The molecule has 1 heterocycles. The van der Waals surface area contributed by atoms with Crippen LogP contribution in [0.4, 0.5) is 0 Å². The van der Waals surface area contributed by atoms with Gasteiger partial charge in [0.2, 0.25) is 10.0 Å². The van der Waals surface area contributed by atoms with Crippen LogP contribution < -0.4 is 0 Å². The number of hydrogen-bond acceptors (Lipinski definition) is 2. The smallest absolute Gasteiger partial charge is 0.207 e. The number of rotatable bonds is 3. The molecule has 1 aromatic rings. The van der Waals surface area contributed by atoms with Crippen molar-refractivity contribution in [3.8, 4) is 0 Å². The van der Waals surface area contributed by atoms with Crippen molar-refractivity contribution < 1.29 is 8.42 Å². The summed E-state index contributed by atoms with van der Waals surface area (Å²) in [5.41, 5.74) is 7.38. The molecule has 0 radical (unpaired) electrons. The number of nitrogens with zero attached hydrogens (tertiary/aromatic N) is 1. The van der Waals surface area contributed by atoms with Gasteiger partial charge in [-0.05, 0) is 51.0 Å². The average Bonchev–Trinajstić information content (AvgIpc) is 2.83. The van der Waals surface area contributed by atoms with Crippen molar-refractivity contribution in [3.63, 3.8) is 0 Å². The molecule has 1 aromatic carbocycles. The molecule has 2 rings (SSSR count). The highest BCUT2D eigenvalue weighted by Crippen LogP contribution is 2.31. The van der Waals surface area contributed by atoms with E-state index in [0.29, 0.717) is 18.0 Å². The number of hydrogen-bond donors (Lipinski definition) is 0. The van der Waals surface area contributed by atoms with Gasteiger partial charge in [-0.25, -0.2) is 8.42 Å². The third-order valence-corrected chi connectivity index (χ3v) is 5.64. The van der Waals surface area contributed by atoms with E-state index in [1.807, 2.05) is 39.8 Å². The molecule has 1 unspecified atom stereocenters. The lowest BCUT2D eigenvalue weighted by atomic mass is 9.96. The summed E-state index contributed by atoms with van der Waals surface area (Å²) >= 11 is 0. The first-order chi connectivity index (χ1) is 10.2. The second kappa shape index (κ2) is 6.25. The third-order valence-electron chi connectivity index (χ3n) is 3.82. The minimum absolute atomic E-state index is 0.0510. The lowest BCUT2D eigenvalue weighted by Crippen LogP contribution is -2.29. The molecule has 0 spiro atoms. The number of aryl methyl sites for hydroxylation is 1. The lowest BCUT2D eigenvalue weighted by Gasteiger charge is -2.16. The fourth-order valence-electron chi connectivity index (χ4n) is 2.62. The minimum atomic E-state index is -3.47. The second-order valence-corrected chi connectivity index (χ2v) is 8.10. The molecule has 0 saturated carbocycles. The van der Waals surface area contributed by atoms with Gasteiger partial charge in [-0.1, -0.05) is 29.8 Å². The van der Waals surface area contributed by atoms with Crippen LogP contribution in [-0.4, -0.2) is 25.8 Å². The van der Waals surface area contributed by atoms with Crippen molar-refractivity contribution in [1.82, 2.24) is 4.31 Å². The molecule has 0 amide bonds. The van der Waals surface area contributed by atoms with E-state index in [2.05, 4.69) is 12.3 Å². The predicted molar refractivity (Wildman–Crippen MR) is 90.1 cm³/mol. The number of sulfonamides is 1. The van der Waals surface area contributed by atoms with Crippen LogP contribution in [0.25, 0.3) is 0 Å². The van der Waals surface area contributed by atoms with Gasteiger partial charge < -0.3 is 0 Å². The van der Waals surface area contributed by atoms with Crippen molar-refractivity contribution in [2.24, 2.45) is 5.92 Å². The summed E-state index contributed by atoms with van der Waals surface area (Å²) < 4.78 is 27.1. The van der Waals surface area contributed by atoms with Crippen molar-refractivity contribution in [2.75, 3.05) is 13.1 Å². The quantitative estimate of drug-likeness (QED) is 0.630. The molecule has 1 atom stereocenters. The van der Waals surface area contributed by atoms with Gasteiger partial charge in [-0.15, -0.1) is 5.73 Å². The van der Waals surface area contributed by atoms with Crippen LogP contribution in [0.15, 0.2) is 58.2 Å². The molecule has 0 N–H and O–H groups in total. The maximum atomic E-state index is 12.8. The Morgan fingerprint density at radius 3 is 2.32 bits per heavy atom. The fraction of sp³-hybridized carbons (Fsp3) is 0.389. The van der Waals surface area contributed by atoms with Crippen LogP contribution in [0.2, 0.25) is 0 Å². The molecule has 1 aliphatic heterocycles. The van der Waals surface area contributed by atoms with Crippen LogP contribution in [0.1, 0.15) is 26.3 Å². The summed E-state index contributed by atoms with van der Waals surface area (Å²) in [6.07, 6.45) is 0. The van der Waals surface area contributed by atoms with Gasteiger partial charge in [0.1, 0.15) is 0 Å². The molecule has 4 heteroatoms. The summed E-state index contributed by atoms with van der Waals surface area (Å²) in [6.45, 7) is 12.7. The second-order valence-electron chi connectivity index (χ2n) is 6.16. The Labute approximate surface area is 133 Å². The first-order valence-electron chi connectivity index (χ1n) is 7.37. The van der Waals surface area contributed by atoms with Crippen molar-refractivity contribution >= 4 is 10.0 Å². The van der Waals surface area contributed by atoms with Crippen molar-refractivity contribution in [1.29, 1.82) is 0 Å². The first-order valence-corrected chi connectivity index (χ1v) is 8.81. The van der Waals surface area contributed by atoms with E-state index in [-0.39, 0.29) is 5.92 Å². The largest absolute Gasteiger partial charge is 0.243 e. The fourth-order valence-corrected chi connectivity index (χ4v) is 4.05. The summed E-state index contributed by atoms with van der Waals surface area (Å²) in [5.74, 6) is 0.0510. The normalized spacial score (nSPS) is 19.1. The molecule has 22 heavy (non-hydrogen) atoms. The topological polar surface area (TPSA) is 37.4 Å². The summed E-state index contributed by atoms with van der Waals surface area (Å²) in [7, 11) is -3.47. The zero-order chi connectivity index (χ0) is 16.5. The van der Waals surface area contributed by atoms with Gasteiger partial charge in [0, 0.05) is 19.0 Å². The molecule has 0 bridgehead atoms. The molecule has 1 saturated heterocycles. The summed E-state index contributed by atoms with van der Waals surface area (Å²) in [6, 6.07) is 6.99. The van der Waals surface area contributed by atoms with Gasteiger partial charge in [0.15, 0.2) is 0 Å². The molecule has 1 aliphatic rings. The average molecular weight is 317 g/mol. The van der Waals surface area contributed by atoms with E-state index in [1.54, 1.807) is 12.1 Å². The highest BCUT2D eigenvalue weighted by Gasteiger charge is 2.36. The Morgan fingerprint density at radius 1 is 1.23 bits per heavy atom. The maximum Gasteiger partial charge on any atom is 0.243 e. The maximum absolute atomic E-state index is 12.8. The van der Waals surface area contributed by atoms with Gasteiger partial charge >= 0.3 is 0 Å². The standard InChI is InChI=1S/C18H23NO2S/c1-13(2)10-16-11-19(12-18(16)14(3)4)22(20,21)17-8-6-15(5)7-9-17/h6-9,18H,3,11-12H2,1-2,4-5H3. The Bertz CT molecular complexity index is 747. The molecule has 1 fully saturated rings. The third kappa shape index (κ3) is 3.41. The van der Waals surface area contributed by atoms with Gasteiger partial charge in [0.25, 0.3) is 0 Å². The Balaban J connectivity index is 2.40. The van der Waals surface area contributed by atoms with Crippen molar-refractivity contribution in [2.45, 2.75) is 32.6 Å². The van der Waals surface area contributed by atoms with Crippen LogP contribution in [-0.2, 0) is 10.0 Å². The Morgan fingerprint density at radius 2 is 1.82 bits per heavy atom. The van der Waals surface area contributed by atoms with E-state index in [1.165, 1.54) is 4.31 Å². The predicted octanol–water partition coefficient (Wildman–Crippen LogP) is 3.68. The van der Waals surface area contributed by atoms with Crippen LogP contribution >= 0.6 is 0 Å². The molecular formula is C18H23NO2S. The highest BCUT2D eigenvalue weighted by atomic mass is 32.2. The molecule has 3 nitrogen and oxygen atoms in total. The number of benzene rings is 1. The molecule has 0 aromatic heterocycles. The van der Waals surface area contributed by atoms with E-state index in [4.69, 9.17) is 0 Å². The molecule has 0 aliphatic carbocycles. The van der Waals surface area contributed by atoms with Gasteiger partial charge in [-0.3, -0.25) is 0 Å². The Hall–Kier alpha value is -1.61. The van der Waals surface area contributed by atoms with E-state index >= 15 is 0 Å². The first kappa shape index (κ1) is 16.8. The van der Waals surface area contributed by atoms with E-state index in [9.17, 15) is 8.42 Å². The molecule has 118 valence electrons.